The number of ether oxygens (including phenoxy) is 2. The highest BCUT2D eigenvalue weighted by Crippen LogP contribution is 2.43. The smallest absolute Gasteiger partial charge is 0.462 e. The zero-order valence-electron chi connectivity index (χ0n) is 34.3. The van der Waals surface area contributed by atoms with E-state index in [1.54, 1.807) is 6.08 Å². The van der Waals surface area contributed by atoms with Gasteiger partial charge in [0.05, 0.1) is 27.7 Å². The summed E-state index contributed by atoms with van der Waals surface area (Å²) >= 11 is 0. The Morgan fingerprint density at radius 2 is 1.10 bits per heavy atom. The number of unbranched alkanes of at least 4 members (excludes halogenated alkanes) is 23. The lowest BCUT2D eigenvalue weighted by Crippen LogP contribution is -2.37. The average Bonchev–Trinajstić information content (AvgIpc) is 3.09. The van der Waals surface area contributed by atoms with Gasteiger partial charge in [0, 0.05) is 12.5 Å². The van der Waals surface area contributed by atoms with Crippen LogP contribution in [0.5, 0.6) is 0 Å². The Morgan fingerprint density at radius 1 is 0.635 bits per heavy atom. The lowest BCUT2D eigenvalue weighted by molar-refractivity contribution is -0.870. The number of likely N-dealkylation sites (N-methyl/N-ethyl adjacent to an activating group) is 1. The summed E-state index contributed by atoms with van der Waals surface area (Å²) in [5.74, 6) is -1.05. The first-order chi connectivity index (χ1) is 25.0. The number of hydrogen-bond acceptors (Lipinski definition) is 7. The molecular formula is C42H81NO8P+. The Morgan fingerprint density at radius 3 is 1.58 bits per heavy atom. The molecule has 10 heteroatoms. The van der Waals surface area contributed by atoms with Crippen molar-refractivity contribution in [2.75, 3.05) is 47.5 Å². The summed E-state index contributed by atoms with van der Waals surface area (Å²) in [6.45, 7) is 4.30. The molecular weight excluding hydrogens is 677 g/mol. The van der Waals surface area contributed by atoms with Gasteiger partial charge in [0.2, 0.25) is 0 Å². The van der Waals surface area contributed by atoms with Crippen LogP contribution in [0.3, 0.4) is 0 Å². The number of quaternary nitrogens is 1. The van der Waals surface area contributed by atoms with Gasteiger partial charge in [-0.3, -0.25) is 13.8 Å². The molecule has 0 amide bonds. The lowest BCUT2D eigenvalue weighted by atomic mass is 10.0. The zero-order valence-corrected chi connectivity index (χ0v) is 35.2. The number of esters is 2. The fraction of sp³-hybridized carbons (Fsp3) is 0.857. The van der Waals surface area contributed by atoms with E-state index in [0.717, 1.165) is 32.1 Å². The summed E-state index contributed by atoms with van der Waals surface area (Å²) < 4.78 is 34.0. The summed E-state index contributed by atoms with van der Waals surface area (Å²) in [4.78, 5) is 35.1. The molecule has 0 aromatic rings. The number of carbonyl (C=O) groups is 2. The molecule has 1 unspecified atom stereocenters. The Bertz CT molecular complexity index is 949. The molecule has 0 radical (unpaired) electrons. The van der Waals surface area contributed by atoms with E-state index < -0.39 is 32.5 Å². The van der Waals surface area contributed by atoms with Crippen LogP contribution < -0.4 is 0 Å². The van der Waals surface area contributed by atoms with E-state index in [1.165, 1.54) is 134 Å². The van der Waals surface area contributed by atoms with Crippen molar-refractivity contribution < 1.29 is 42.1 Å². The topological polar surface area (TPSA) is 108 Å². The molecule has 0 aliphatic carbocycles. The van der Waals surface area contributed by atoms with E-state index in [1.807, 2.05) is 33.3 Å². The molecule has 0 spiro atoms. The molecule has 0 saturated carbocycles. The molecule has 1 N–H and O–H groups in total. The third-order valence-corrected chi connectivity index (χ3v) is 10.1. The number of rotatable bonds is 38. The van der Waals surface area contributed by atoms with Crippen LogP contribution in [-0.2, 0) is 32.7 Å². The Kier molecular flexibility index (Phi) is 34.2. The number of phosphoric ester groups is 1. The number of allylic oxidation sites excluding steroid dienone is 3. The van der Waals surface area contributed by atoms with Crippen molar-refractivity contribution in [1.29, 1.82) is 0 Å². The predicted octanol–water partition coefficient (Wildman–Crippen LogP) is 11.6. The number of phosphoric acid groups is 1. The molecule has 0 aliphatic rings. The molecule has 0 aromatic carbocycles. The monoisotopic (exact) mass is 759 g/mol. The van der Waals surface area contributed by atoms with Crippen LogP contribution in [0.15, 0.2) is 24.3 Å². The van der Waals surface area contributed by atoms with Gasteiger partial charge in [-0.2, -0.15) is 0 Å². The van der Waals surface area contributed by atoms with Crippen LogP contribution in [0.25, 0.3) is 0 Å². The van der Waals surface area contributed by atoms with Crippen molar-refractivity contribution in [2.45, 2.75) is 187 Å². The normalized spacial score (nSPS) is 13.9. The first-order valence-electron chi connectivity index (χ1n) is 21.1. The molecule has 0 rings (SSSR count). The standard InChI is InChI=1S/C42H80NO8P/c1-6-8-10-12-14-16-18-20-21-23-25-27-29-31-33-35-42(45)51-40(39-50-52(46,47)49-37-36-43(3,4)5)38-48-41(44)34-32-30-28-26-24-22-19-17-15-13-11-9-7-2/h29,31,33,35,40H,6-28,30,32,34,36-39H2,1-5H3/p+1/t40-/m1/s1. The molecule has 9 nitrogen and oxygen atoms in total. The molecule has 0 aromatic heterocycles. The highest BCUT2D eigenvalue weighted by Gasteiger charge is 2.26. The van der Waals surface area contributed by atoms with Gasteiger partial charge in [0.15, 0.2) is 6.10 Å². The summed E-state index contributed by atoms with van der Waals surface area (Å²) in [7, 11) is 1.43. The quantitative estimate of drug-likeness (QED) is 0.0166. The molecule has 0 bridgehead atoms. The SMILES string of the molecule is CCCCCCCCCCCCCC=CC=CC(=O)O[C@H](COC(=O)CCCCCCCCCCCCCCC)COP(=O)(O)OCC[N+](C)(C)C. The molecule has 0 aliphatic heterocycles. The fourth-order valence-corrected chi connectivity index (χ4v) is 6.49. The largest absolute Gasteiger partial charge is 0.472 e. The van der Waals surface area contributed by atoms with E-state index in [9.17, 15) is 19.0 Å². The van der Waals surface area contributed by atoms with E-state index in [2.05, 4.69) is 13.8 Å². The molecule has 2 atom stereocenters. The van der Waals surface area contributed by atoms with E-state index in [-0.39, 0.29) is 19.6 Å². The van der Waals surface area contributed by atoms with Crippen molar-refractivity contribution >= 4 is 19.8 Å². The van der Waals surface area contributed by atoms with Gasteiger partial charge < -0.3 is 18.9 Å². The third kappa shape index (κ3) is 38.2. The first-order valence-corrected chi connectivity index (χ1v) is 22.6. The second-order valence-electron chi connectivity index (χ2n) is 15.5. The van der Waals surface area contributed by atoms with Crippen LogP contribution in [0.1, 0.15) is 181 Å². The van der Waals surface area contributed by atoms with Gasteiger partial charge >= 0.3 is 19.8 Å². The molecule has 0 saturated heterocycles. The first kappa shape index (κ1) is 50.5. The van der Waals surface area contributed by atoms with Crippen LogP contribution in [0.2, 0.25) is 0 Å². The Labute approximate surface area is 319 Å². The average molecular weight is 759 g/mol. The number of hydrogen-bond donors (Lipinski definition) is 1. The number of carbonyl (C=O) groups excluding carboxylic acids is 2. The van der Waals surface area contributed by atoms with E-state index >= 15 is 0 Å². The van der Waals surface area contributed by atoms with Gasteiger partial charge in [-0.15, -0.1) is 0 Å². The third-order valence-electron chi connectivity index (χ3n) is 9.09. The van der Waals surface area contributed by atoms with Crippen LogP contribution in [0, 0.1) is 0 Å². The van der Waals surface area contributed by atoms with Crippen molar-refractivity contribution in [3.63, 3.8) is 0 Å². The Balaban J connectivity index is 4.48. The van der Waals surface area contributed by atoms with Crippen molar-refractivity contribution in [3.8, 4) is 0 Å². The highest BCUT2D eigenvalue weighted by molar-refractivity contribution is 7.47. The van der Waals surface area contributed by atoms with Crippen LogP contribution in [-0.4, -0.2) is 74.9 Å². The Hall–Kier alpha value is -1.51. The molecule has 306 valence electrons. The minimum Gasteiger partial charge on any atom is -0.462 e. The van der Waals surface area contributed by atoms with Gasteiger partial charge in [0.1, 0.15) is 19.8 Å². The predicted molar refractivity (Wildman–Crippen MR) is 215 cm³/mol. The van der Waals surface area contributed by atoms with Crippen molar-refractivity contribution in [3.05, 3.63) is 24.3 Å². The zero-order chi connectivity index (χ0) is 38.6. The van der Waals surface area contributed by atoms with Crippen molar-refractivity contribution in [1.82, 2.24) is 0 Å². The number of nitrogens with zero attached hydrogens (tertiary/aromatic N) is 1. The summed E-state index contributed by atoms with van der Waals surface area (Å²) in [5.41, 5.74) is 0. The van der Waals surface area contributed by atoms with Crippen LogP contribution >= 0.6 is 7.82 Å². The molecule has 52 heavy (non-hydrogen) atoms. The lowest BCUT2D eigenvalue weighted by Gasteiger charge is -2.24. The summed E-state index contributed by atoms with van der Waals surface area (Å²) in [6, 6.07) is 0. The minimum atomic E-state index is -4.39. The maximum absolute atomic E-state index is 12.5. The highest BCUT2D eigenvalue weighted by atomic mass is 31.2. The van der Waals surface area contributed by atoms with Gasteiger partial charge in [0.25, 0.3) is 0 Å². The summed E-state index contributed by atoms with van der Waals surface area (Å²) in [5, 5.41) is 0. The van der Waals surface area contributed by atoms with Gasteiger partial charge in [-0.05, 0) is 19.3 Å². The second-order valence-corrected chi connectivity index (χ2v) is 16.9. The molecule has 0 fully saturated rings. The summed E-state index contributed by atoms with van der Waals surface area (Å²) in [6.07, 6.45) is 37.1. The fourth-order valence-electron chi connectivity index (χ4n) is 5.74. The molecule has 0 heterocycles. The van der Waals surface area contributed by atoms with E-state index in [0.29, 0.717) is 11.0 Å². The minimum absolute atomic E-state index is 0.0180. The maximum Gasteiger partial charge on any atom is 0.472 e. The van der Waals surface area contributed by atoms with Crippen molar-refractivity contribution in [2.24, 2.45) is 0 Å². The van der Waals surface area contributed by atoms with Gasteiger partial charge in [-0.1, -0.05) is 173 Å². The van der Waals surface area contributed by atoms with Crippen LogP contribution in [0.4, 0.5) is 0 Å². The maximum atomic E-state index is 12.5. The van der Waals surface area contributed by atoms with Gasteiger partial charge in [-0.25, -0.2) is 9.36 Å². The van der Waals surface area contributed by atoms with E-state index in [4.69, 9.17) is 18.5 Å². The second kappa shape index (κ2) is 35.2.